The highest BCUT2D eigenvalue weighted by Gasteiger charge is 2.25. The molecule has 3 aromatic carbocycles. The second-order valence-electron chi connectivity index (χ2n) is 7.46. The summed E-state index contributed by atoms with van der Waals surface area (Å²) in [5.41, 5.74) is 4.50. The monoisotopic (exact) mass is 431 g/mol. The quantitative estimate of drug-likeness (QED) is 0.430. The summed E-state index contributed by atoms with van der Waals surface area (Å²) < 4.78 is 31.0. The summed E-state index contributed by atoms with van der Waals surface area (Å²) in [6, 6.07) is 17.1. The van der Waals surface area contributed by atoms with Gasteiger partial charge in [0.2, 0.25) is 0 Å². The van der Waals surface area contributed by atoms with Crippen LogP contribution in [0.5, 0.6) is 0 Å². The third kappa shape index (κ3) is 2.74. The van der Waals surface area contributed by atoms with Crippen molar-refractivity contribution in [3.8, 4) is 11.3 Å². The van der Waals surface area contributed by atoms with Gasteiger partial charge in [-0.3, -0.25) is 9.12 Å². The number of sulfonamides is 1. The van der Waals surface area contributed by atoms with Gasteiger partial charge in [0.05, 0.1) is 10.6 Å². The van der Waals surface area contributed by atoms with E-state index < -0.39 is 10.0 Å². The van der Waals surface area contributed by atoms with Crippen molar-refractivity contribution in [2.45, 2.75) is 17.7 Å². The molecule has 5 aromatic rings. The summed E-state index contributed by atoms with van der Waals surface area (Å²) in [4.78, 5) is 5.90. The average Bonchev–Trinajstić information content (AvgIpc) is 3.45. The van der Waals surface area contributed by atoms with Gasteiger partial charge in [0.15, 0.2) is 4.96 Å². The average molecular weight is 432 g/mol. The number of rotatable bonds is 4. The maximum Gasteiger partial charge on any atom is 0.262 e. The van der Waals surface area contributed by atoms with Crippen molar-refractivity contribution in [1.82, 2.24) is 9.38 Å². The van der Waals surface area contributed by atoms with Crippen molar-refractivity contribution in [2.24, 2.45) is 0 Å². The van der Waals surface area contributed by atoms with E-state index >= 15 is 0 Å². The number of fused-ring (bicyclic) bond motifs is 1. The lowest BCUT2D eigenvalue weighted by Crippen LogP contribution is -2.14. The third-order valence-electron chi connectivity index (χ3n) is 5.66. The minimum Gasteiger partial charge on any atom is -0.297 e. The van der Waals surface area contributed by atoms with E-state index in [1.807, 2.05) is 52.5 Å². The Morgan fingerprint density at radius 1 is 1.00 bits per heavy atom. The highest BCUT2D eigenvalue weighted by Crippen LogP contribution is 2.35. The second kappa shape index (κ2) is 6.42. The van der Waals surface area contributed by atoms with Crippen molar-refractivity contribution in [3.63, 3.8) is 0 Å². The molecular weight excluding hydrogens is 414 g/mol. The van der Waals surface area contributed by atoms with E-state index in [2.05, 4.69) is 15.8 Å². The smallest absolute Gasteiger partial charge is 0.262 e. The molecule has 7 heteroatoms. The number of hydrogen-bond donors (Lipinski definition) is 1. The molecule has 0 radical (unpaired) electrons. The molecule has 1 N–H and O–H groups in total. The molecular formula is C23H17N3O2S2. The van der Waals surface area contributed by atoms with E-state index in [0.29, 0.717) is 10.6 Å². The van der Waals surface area contributed by atoms with Crippen LogP contribution < -0.4 is 4.72 Å². The molecule has 5 nitrogen and oxygen atoms in total. The Bertz CT molecular complexity index is 1500. The van der Waals surface area contributed by atoms with Gasteiger partial charge >= 0.3 is 0 Å². The van der Waals surface area contributed by atoms with Gasteiger partial charge in [0.1, 0.15) is 0 Å². The van der Waals surface area contributed by atoms with Crippen molar-refractivity contribution in [3.05, 3.63) is 83.5 Å². The Labute approximate surface area is 177 Å². The largest absolute Gasteiger partial charge is 0.297 e. The molecule has 2 heterocycles. The van der Waals surface area contributed by atoms with Crippen LogP contribution in [0.2, 0.25) is 0 Å². The van der Waals surface area contributed by atoms with Gasteiger partial charge in [-0.25, -0.2) is 13.4 Å². The zero-order valence-electron chi connectivity index (χ0n) is 15.9. The number of anilines is 1. The fourth-order valence-electron chi connectivity index (χ4n) is 4.27. The van der Waals surface area contributed by atoms with Gasteiger partial charge in [-0.15, -0.1) is 11.3 Å². The van der Waals surface area contributed by atoms with E-state index in [4.69, 9.17) is 0 Å². The van der Waals surface area contributed by atoms with Crippen LogP contribution in [0.4, 0.5) is 5.69 Å². The molecule has 0 amide bonds. The third-order valence-corrected chi connectivity index (χ3v) is 7.89. The van der Waals surface area contributed by atoms with Crippen LogP contribution in [-0.4, -0.2) is 17.8 Å². The highest BCUT2D eigenvalue weighted by molar-refractivity contribution is 7.92. The van der Waals surface area contributed by atoms with Gasteiger partial charge in [0.25, 0.3) is 10.0 Å². The number of nitrogens with one attached hydrogen (secondary N) is 1. The molecule has 0 unspecified atom stereocenters. The molecule has 0 bridgehead atoms. The predicted molar refractivity (Wildman–Crippen MR) is 121 cm³/mol. The first-order valence-electron chi connectivity index (χ1n) is 9.67. The number of imidazole rings is 1. The number of aryl methyl sites for hydroxylation is 2. The fraction of sp³-hybridized carbons (Fsp3) is 0.0870. The van der Waals surface area contributed by atoms with Crippen LogP contribution in [0.25, 0.3) is 27.0 Å². The van der Waals surface area contributed by atoms with E-state index in [0.717, 1.165) is 45.4 Å². The van der Waals surface area contributed by atoms with E-state index in [9.17, 15) is 8.42 Å². The van der Waals surface area contributed by atoms with Crippen LogP contribution in [0, 0.1) is 0 Å². The maximum atomic E-state index is 13.2. The second-order valence-corrected chi connectivity index (χ2v) is 9.98. The van der Waals surface area contributed by atoms with Crippen LogP contribution in [-0.2, 0) is 22.9 Å². The topological polar surface area (TPSA) is 63.5 Å². The zero-order valence-corrected chi connectivity index (χ0v) is 17.5. The van der Waals surface area contributed by atoms with Gasteiger partial charge in [-0.1, -0.05) is 36.4 Å². The van der Waals surface area contributed by atoms with Gasteiger partial charge in [-0.2, -0.15) is 0 Å². The van der Waals surface area contributed by atoms with Crippen molar-refractivity contribution >= 4 is 42.8 Å². The Kier molecular flexibility index (Phi) is 3.78. The first-order chi connectivity index (χ1) is 14.6. The molecule has 1 aliphatic rings. The molecule has 0 aliphatic heterocycles. The van der Waals surface area contributed by atoms with Crippen LogP contribution in [0.1, 0.15) is 11.1 Å². The molecule has 0 saturated carbocycles. The lowest BCUT2D eigenvalue weighted by molar-refractivity contribution is 0.600. The first kappa shape index (κ1) is 17.7. The molecule has 0 spiro atoms. The summed E-state index contributed by atoms with van der Waals surface area (Å²) >= 11 is 1.58. The number of benzene rings is 3. The van der Waals surface area contributed by atoms with E-state index in [1.54, 1.807) is 29.5 Å². The Balaban J connectivity index is 1.33. The number of thiazole rings is 1. The summed E-state index contributed by atoms with van der Waals surface area (Å²) in [6.45, 7) is 0. The summed E-state index contributed by atoms with van der Waals surface area (Å²) in [5.74, 6) is 0. The summed E-state index contributed by atoms with van der Waals surface area (Å²) in [7, 11) is -3.67. The SMILES string of the molecule is O=S(=O)(Nc1ccc(-c2cn3ccsc3n2)cc1)c1ccc2cccc3c2c1CC3. The highest BCUT2D eigenvalue weighted by atomic mass is 32.2. The van der Waals surface area contributed by atoms with Gasteiger partial charge < -0.3 is 0 Å². The van der Waals surface area contributed by atoms with Crippen LogP contribution in [0.3, 0.4) is 0 Å². The molecule has 0 saturated heterocycles. The summed E-state index contributed by atoms with van der Waals surface area (Å²) in [6.07, 6.45) is 5.58. The number of hydrogen-bond acceptors (Lipinski definition) is 4. The molecule has 30 heavy (non-hydrogen) atoms. The van der Waals surface area contributed by atoms with Gasteiger partial charge in [-0.05, 0) is 52.9 Å². The zero-order chi connectivity index (χ0) is 20.3. The number of nitrogens with zero attached hydrogens (tertiary/aromatic N) is 2. The molecule has 0 fully saturated rings. The first-order valence-corrected chi connectivity index (χ1v) is 12.0. The molecule has 148 valence electrons. The van der Waals surface area contributed by atoms with Gasteiger partial charge in [0, 0.05) is 29.0 Å². The molecule has 6 rings (SSSR count). The van der Waals surface area contributed by atoms with Crippen LogP contribution in [0.15, 0.2) is 77.3 Å². The van der Waals surface area contributed by atoms with E-state index in [-0.39, 0.29) is 0 Å². The molecule has 2 aromatic heterocycles. The number of aromatic nitrogens is 2. The Morgan fingerprint density at radius 3 is 2.70 bits per heavy atom. The molecule has 1 aliphatic carbocycles. The van der Waals surface area contributed by atoms with E-state index in [1.165, 1.54) is 5.56 Å². The minimum atomic E-state index is -3.67. The Morgan fingerprint density at radius 2 is 1.87 bits per heavy atom. The lowest BCUT2D eigenvalue weighted by atomic mass is 10.1. The minimum absolute atomic E-state index is 0.373. The van der Waals surface area contributed by atoms with Crippen molar-refractivity contribution in [1.29, 1.82) is 0 Å². The van der Waals surface area contributed by atoms with Crippen LogP contribution >= 0.6 is 11.3 Å². The lowest BCUT2D eigenvalue weighted by Gasteiger charge is -2.12. The van der Waals surface area contributed by atoms with Crippen molar-refractivity contribution < 1.29 is 8.42 Å². The normalized spacial score (nSPS) is 13.3. The summed E-state index contributed by atoms with van der Waals surface area (Å²) in [5, 5.41) is 4.18. The fourth-order valence-corrected chi connectivity index (χ4v) is 6.30. The predicted octanol–water partition coefficient (Wildman–Crippen LogP) is 5.12. The molecule has 0 atom stereocenters. The standard InChI is InChI=1S/C23H17N3O2S2/c27-30(28,21-11-7-17-3-1-2-16-6-10-19(21)22(16)17)25-18-8-4-15(5-9-18)20-14-26-12-13-29-23(26)24-20/h1-5,7-9,11-14,25H,6,10H2. The van der Waals surface area contributed by atoms with Crippen molar-refractivity contribution in [2.75, 3.05) is 4.72 Å². The Hall–Kier alpha value is -3.16. The maximum absolute atomic E-state index is 13.2.